The summed E-state index contributed by atoms with van der Waals surface area (Å²) in [4.78, 5) is 23.6. The molecule has 0 spiro atoms. The number of pyridine rings is 1. The van der Waals surface area contributed by atoms with Crippen LogP contribution in [-0.4, -0.2) is 22.8 Å². The lowest BCUT2D eigenvalue weighted by molar-refractivity contribution is 0.0526. The Hall–Kier alpha value is -2.88. The van der Waals surface area contributed by atoms with E-state index in [1.54, 1.807) is 19.9 Å². The molecule has 0 unspecified atom stereocenters. The van der Waals surface area contributed by atoms with E-state index in [-0.39, 0.29) is 11.8 Å². The van der Waals surface area contributed by atoms with Crippen LogP contribution in [0.4, 0.5) is 0 Å². The zero-order valence-electron chi connectivity index (χ0n) is 14.0. The number of benzene rings is 1. The first-order chi connectivity index (χ1) is 11.5. The first-order valence-corrected chi connectivity index (χ1v) is 7.91. The first-order valence-electron chi connectivity index (χ1n) is 7.91. The summed E-state index contributed by atoms with van der Waals surface area (Å²) in [5, 5.41) is 0. The molecule has 0 amide bonds. The van der Waals surface area contributed by atoms with Crippen LogP contribution in [0, 0.1) is 6.92 Å². The molecule has 0 fully saturated rings. The molecule has 2 heterocycles. The maximum atomic E-state index is 11.9. The molecule has 1 aromatic carbocycles. The number of carbonyl (C=O) groups is 2. The summed E-state index contributed by atoms with van der Waals surface area (Å²) in [6.07, 6.45) is 3.84. The largest absolute Gasteiger partial charge is 0.462 e. The van der Waals surface area contributed by atoms with Crippen molar-refractivity contribution in [3.63, 3.8) is 0 Å². The molecule has 0 saturated carbocycles. The van der Waals surface area contributed by atoms with Gasteiger partial charge in [0.2, 0.25) is 0 Å². The van der Waals surface area contributed by atoms with Gasteiger partial charge in [0.25, 0.3) is 0 Å². The highest BCUT2D eigenvalue weighted by Crippen LogP contribution is 2.28. The van der Waals surface area contributed by atoms with Gasteiger partial charge in [-0.1, -0.05) is 18.2 Å². The number of Topliss-reactive ketones (excluding diaryl/α,β-unsaturated/α-hetero) is 1. The van der Waals surface area contributed by atoms with Gasteiger partial charge in [-0.05, 0) is 50.1 Å². The number of nitrogens with zero attached hydrogens (tertiary/aromatic N) is 1. The van der Waals surface area contributed by atoms with Gasteiger partial charge in [0.05, 0.1) is 12.2 Å². The second-order valence-electron chi connectivity index (χ2n) is 5.73. The number of rotatable bonds is 4. The Labute approximate surface area is 140 Å². The number of hydrogen-bond donors (Lipinski definition) is 0. The Kier molecular flexibility index (Phi) is 4.21. The predicted octanol–water partition coefficient (Wildman–Crippen LogP) is 4.29. The lowest BCUT2D eigenvalue weighted by atomic mass is 9.96. The second kappa shape index (κ2) is 6.32. The number of ether oxygens (including phenoxy) is 1. The average Bonchev–Trinajstić information content (AvgIpc) is 2.97. The minimum atomic E-state index is -0.322. The van der Waals surface area contributed by atoms with Crippen molar-refractivity contribution in [2.75, 3.05) is 6.61 Å². The Morgan fingerprint density at radius 3 is 2.67 bits per heavy atom. The predicted molar refractivity (Wildman–Crippen MR) is 93.5 cm³/mol. The Balaban J connectivity index is 2.07. The van der Waals surface area contributed by atoms with Gasteiger partial charge in [-0.3, -0.25) is 4.79 Å². The van der Waals surface area contributed by atoms with Gasteiger partial charge in [-0.15, -0.1) is 0 Å². The highest BCUT2D eigenvalue weighted by atomic mass is 16.5. The number of esters is 1. The number of fused-ring (bicyclic) bond motifs is 1. The number of ketones is 1. The van der Waals surface area contributed by atoms with Gasteiger partial charge in [-0.25, -0.2) is 4.79 Å². The molecular formula is C20H19NO3. The van der Waals surface area contributed by atoms with Gasteiger partial charge in [-0.2, -0.15) is 0 Å². The molecule has 4 heteroatoms. The summed E-state index contributed by atoms with van der Waals surface area (Å²) in [5.41, 5.74) is 5.16. The Morgan fingerprint density at radius 2 is 1.96 bits per heavy atom. The van der Waals surface area contributed by atoms with E-state index in [0.29, 0.717) is 12.2 Å². The molecule has 2 aromatic heterocycles. The van der Waals surface area contributed by atoms with Crippen LogP contribution in [0.25, 0.3) is 16.6 Å². The van der Waals surface area contributed by atoms with Crippen molar-refractivity contribution in [3.05, 3.63) is 65.5 Å². The average molecular weight is 321 g/mol. The highest BCUT2D eigenvalue weighted by molar-refractivity contribution is 5.97. The van der Waals surface area contributed by atoms with Crippen LogP contribution in [0.1, 0.15) is 40.1 Å². The van der Waals surface area contributed by atoms with Crippen LogP contribution in [0.2, 0.25) is 0 Å². The summed E-state index contributed by atoms with van der Waals surface area (Å²) in [6, 6.07) is 11.3. The zero-order chi connectivity index (χ0) is 17.3. The van der Waals surface area contributed by atoms with Crippen LogP contribution in [0.3, 0.4) is 0 Å². The SMILES string of the molecule is CCOC(=O)c1ccn2cc(-c3cccc(C(C)=O)c3C)cc2c1. The van der Waals surface area contributed by atoms with Gasteiger partial charge in [0.1, 0.15) is 0 Å². The molecular weight excluding hydrogens is 302 g/mol. The molecule has 122 valence electrons. The van der Waals surface area contributed by atoms with Crippen LogP contribution >= 0.6 is 0 Å². The fraction of sp³-hybridized carbons (Fsp3) is 0.200. The highest BCUT2D eigenvalue weighted by Gasteiger charge is 2.12. The van der Waals surface area contributed by atoms with Crippen molar-refractivity contribution in [2.45, 2.75) is 20.8 Å². The third-order valence-electron chi connectivity index (χ3n) is 4.13. The molecule has 24 heavy (non-hydrogen) atoms. The Morgan fingerprint density at radius 1 is 1.17 bits per heavy atom. The molecule has 0 N–H and O–H groups in total. The molecule has 0 aliphatic carbocycles. The molecule has 3 aromatic rings. The van der Waals surface area contributed by atoms with Gasteiger partial charge >= 0.3 is 5.97 Å². The fourth-order valence-electron chi connectivity index (χ4n) is 2.93. The summed E-state index contributed by atoms with van der Waals surface area (Å²) < 4.78 is 7.00. The van der Waals surface area contributed by atoms with Crippen molar-refractivity contribution >= 4 is 17.3 Å². The first kappa shape index (κ1) is 16.0. The lowest BCUT2D eigenvalue weighted by Gasteiger charge is -2.07. The van der Waals surface area contributed by atoms with Crippen LogP contribution < -0.4 is 0 Å². The normalized spacial score (nSPS) is 10.8. The van der Waals surface area contributed by atoms with Gasteiger partial charge in [0.15, 0.2) is 5.78 Å². The smallest absolute Gasteiger partial charge is 0.338 e. The molecule has 0 radical (unpaired) electrons. The molecule has 0 atom stereocenters. The van der Waals surface area contributed by atoms with Crippen LogP contribution in [0.5, 0.6) is 0 Å². The summed E-state index contributed by atoms with van der Waals surface area (Å²) in [5.74, 6) is -0.264. The zero-order valence-corrected chi connectivity index (χ0v) is 14.0. The maximum absolute atomic E-state index is 11.9. The van der Waals surface area contributed by atoms with Crippen molar-refractivity contribution in [1.29, 1.82) is 0 Å². The molecule has 4 nitrogen and oxygen atoms in total. The van der Waals surface area contributed by atoms with E-state index in [2.05, 4.69) is 0 Å². The standard InChI is InChI=1S/C20H19NO3/c1-4-24-20(23)15-8-9-21-12-16(11-17(21)10-15)19-7-5-6-18(13(19)2)14(3)22/h5-12H,4H2,1-3H3. The summed E-state index contributed by atoms with van der Waals surface area (Å²) in [7, 11) is 0. The monoisotopic (exact) mass is 321 g/mol. The molecule has 0 saturated heterocycles. The fourth-order valence-corrected chi connectivity index (χ4v) is 2.93. The number of aromatic nitrogens is 1. The topological polar surface area (TPSA) is 47.8 Å². The van der Waals surface area contributed by atoms with Crippen LogP contribution in [0.15, 0.2) is 48.8 Å². The molecule has 3 rings (SSSR count). The molecule has 0 aliphatic heterocycles. The van der Waals surface area contributed by atoms with E-state index in [1.807, 2.05) is 54.0 Å². The molecule has 0 bridgehead atoms. The molecule has 0 aliphatic rings. The van der Waals surface area contributed by atoms with E-state index < -0.39 is 0 Å². The van der Waals surface area contributed by atoms with E-state index in [0.717, 1.165) is 27.8 Å². The second-order valence-corrected chi connectivity index (χ2v) is 5.73. The van der Waals surface area contributed by atoms with Crippen molar-refractivity contribution in [1.82, 2.24) is 4.40 Å². The van der Waals surface area contributed by atoms with E-state index in [1.165, 1.54) is 0 Å². The van der Waals surface area contributed by atoms with E-state index in [9.17, 15) is 9.59 Å². The van der Waals surface area contributed by atoms with Crippen molar-refractivity contribution in [2.24, 2.45) is 0 Å². The number of hydrogen-bond acceptors (Lipinski definition) is 3. The van der Waals surface area contributed by atoms with Crippen LogP contribution in [-0.2, 0) is 4.74 Å². The van der Waals surface area contributed by atoms with Crippen molar-refractivity contribution in [3.8, 4) is 11.1 Å². The summed E-state index contributed by atoms with van der Waals surface area (Å²) >= 11 is 0. The summed E-state index contributed by atoms with van der Waals surface area (Å²) in [6.45, 7) is 5.68. The quantitative estimate of drug-likeness (QED) is 0.532. The van der Waals surface area contributed by atoms with Crippen molar-refractivity contribution < 1.29 is 14.3 Å². The van der Waals surface area contributed by atoms with Gasteiger partial charge < -0.3 is 9.14 Å². The third-order valence-corrected chi connectivity index (χ3v) is 4.13. The minimum Gasteiger partial charge on any atom is -0.462 e. The number of carbonyl (C=O) groups excluding carboxylic acids is 2. The minimum absolute atomic E-state index is 0.0581. The Bertz CT molecular complexity index is 937. The third kappa shape index (κ3) is 2.83. The van der Waals surface area contributed by atoms with E-state index >= 15 is 0 Å². The maximum Gasteiger partial charge on any atom is 0.338 e. The van der Waals surface area contributed by atoms with E-state index in [4.69, 9.17) is 4.74 Å². The lowest BCUT2D eigenvalue weighted by Crippen LogP contribution is -2.04. The van der Waals surface area contributed by atoms with Gasteiger partial charge in [0, 0.05) is 29.0 Å².